The van der Waals surface area contributed by atoms with Gasteiger partial charge < -0.3 is 10.5 Å². The highest BCUT2D eigenvalue weighted by molar-refractivity contribution is 7.88. The number of esters is 1. The molecule has 1 aromatic carbocycles. The van der Waals surface area contributed by atoms with Gasteiger partial charge in [-0.05, 0) is 18.1 Å². The summed E-state index contributed by atoms with van der Waals surface area (Å²) < 4.78 is 31.8. The van der Waals surface area contributed by atoms with Crippen LogP contribution in [0.2, 0.25) is 0 Å². The van der Waals surface area contributed by atoms with E-state index < -0.39 is 16.0 Å². The molecule has 1 unspecified atom stereocenters. The second-order valence-corrected chi connectivity index (χ2v) is 6.85. The number of halogens is 1. The summed E-state index contributed by atoms with van der Waals surface area (Å²) in [5.74, 6) is -0.826. The Morgan fingerprint density at radius 3 is 2.57 bits per heavy atom. The minimum Gasteiger partial charge on any atom is -0.465 e. The second-order valence-electron chi connectivity index (χ2n) is 5.10. The van der Waals surface area contributed by atoms with Crippen molar-refractivity contribution in [3.05, 3.63) is 35.4 Å². The summed E-state index contributed by atoms with van der Waals surface area (Å²) in [6.07, 6.45) is 2.58. The van der Waals surface area contributed by atoms with Crippen LogP contribution in [0, 0.1) is 0 Å². The van der Waals surface area contributed by atoms with Crippen molar-refractivity contribution in [1.29, 1.82) is 0 Å². The van der Waals surface area contributed by atoms with E-state index in [1.54, 1.807) is 24.3 Å². The third kappa shape index (κ3) is 7.30. The van der Waals surface area contributed by atoms with Crippen molar-refractivity contribution in [3.8, 4) is 0 Å². The molecule has 0 saturated heterocycles. The lowest BCUT2D eigenvalue weighted by Crippen LogP contribution is -2.40. The average Bonchev–Trinajstić information content (AvgIpc) is 2.50. The molecule has 8 heteroatoms. The molecule has 1 atom stereocenters. The molecule has 0 radical (unpaired) electrons. The van der Waals surface area contributed by atoms with Gasteiger partial charge in [0.25, 0.3) is 0 Å². The van der Waals surface area contributed by atoms with E-state index in [1.807, 2.05) is 6.92 Å². The van der Waals surface area contributed by atoms with Gasteiger partial charge in [0.05, 0.1) is 18.4 Å². The normalized spacial score (nSPS) is 12.3. The maximum atomic E-state index is 12.3. The first-order valence-corrected chi connectivity index (χ1v) is 8.95. The zero-order chi connectivity index (χ0) is 16.6. The van der Waals surface area contributed by atoms with Crippen molar-refractivity contribution >= 4 is 28.4 Å². The van der Waals surface area contributed by atoms with Crippen molar-refractivity contribution in [1.82, 2.24) is 4.72 Å². The fourth-order valence-corrected chi connectivity index (χ4v) is 3.60. The smallest absolute Gasteiger partial charge is 0.338 e. The highest BCUT2D eigenvalue weighted by Crippen LogP contribution is 2.14. The van der Waals surface area contributed by atoms with Crippen LogP contribution in [0.25, 0.3) is 0 Å². The molecule has 0 amide bonds. The quantitative estimate of drug-likeness (QED) is 0.651. The molecule has 0 spiro atoms. The Bertz CT molecular complexity index is 593. The fraction of sp³-hybridized carbons (Fsp3) is 0.533. The summed E-state index contributed by atoms with van der Waals surface area (Å²) in [5.41, 5.74) is 6.28. The van der Waals surface area contributed by atoms with Gasteiger partial charge in [-0.1, -0.05) is 38.0 Å². The Balaban J connectivity index is 0.00000484. The Labute approximate surface area is 144 Å². The summed E-state index contributed by atoms with van der Waals surface area (Å²) in [7, 11) is -2.31. The number of ether oxygens (including phenoxy) is 1. The van der Waals surface area contributed by atoms with Gasteiger partial charge in [0, 0.05) is 12.6 Å². The Morgan fingerprint density at radius 1 is 1.35 bits per heavy atom. The van der Waals surface area contributed by atoms with Crippen LogP contribution < -0.4 is 10.5 Å². The van der Waals surface area contributed by atoms with Crippen LogP contribution in [0.15, 0.2) is 24.3 Å². The molecule has 1 rings (SSSR count). The molecule has 0 saturated carbocycles. The number of carbonyl (C=O) groups is 1. The van der Waals surface area contributed by atoms with E-state index in [4.69, 9.17) is 5.73 Å². The summed E-state index contributed by atoms with van der Waals surface area (Å²) in [6, 6.07) is 6.23. The number of carbonyl (C=O) groups excluding carboxylic acids is 1. The van der Waals surface area contributed by atoms with Crippen LogP contribution >= 0.6 is 12.4 Å². The molecule has 0 bridgehead atoms. The first-order chi connectivity index (χ1) is 10.4. The molecule has 0 aliphatic carbocycles. The van der Waals surface area contributed by atoms with Crippen molar-refractivity contribution < 1.29 is 17.9 Å². The van der Waals surface area contributed by atoms with E-state index >= 15 is 0 Å². The lowest BCUT2D eigenvalue weighted by Gasteiger charge is -2.17. The van der Waals surface area contributed by atoms with Gasteiger partial charge >= 0.3 is 5.97 Å². The molecule has 0 heterocycles. The first kappa shape index (κ1) is 21.9. The predicted octanol–water partition coefficient (Wildman–Crippen LogP) is 1.83. The number of methoxy groups -OCH3 is 1. The molecule has 0 aliphatic heterocycles. The monoisotopic (exact) mass is 364 g/mol. The van der Waals surface area contributed by atoms with Crippen molar-refractivity contribution in [2.75, 3.05) is 13.7 Å². The summed E-state index contributed by atoms with van der Waals surface area (Å²) in [6.45, 7) is 2.28. The van der Waals surface area contributed by atoms with E-state index in [2.05, 4.69) is 9.46 Å². The zero-order valence-electron chi connectivity index (χ0n) is 13.4. The van der Waals surface area contributed by atoms with Crippen molar-refractivity contribution in [2.45, 2.75) is 38.0 Å². The van der Waals surface area contributed by atoms with E-state index in [0.717, 1.165) is 12.8 Å². The summed E-state index contributed by atoms with van der Waals surface area (Å²) in [5, 5.41) is 0. The van der Waals surface area contributed by atoms with Gasteiger partial charge in [-0.2, -0.15) is 0 Å². The molecule has 0 aromatic heterocycles. The molecule has 6 nitrogen and oxygen atoms in total. The van der Waals surface area contributed by atoms with Crippen LogP contribution in [-0.2, 0) is 20.5 Å². The Hall–Kier alpha value is -1.15. The molecular weight excluding hydrogens is 340 g/mol. The predicted molar refractivity (Wildman–Crippen MR) is 93.2 cm³/mol. The van der Waals surface area contributed by atoms with E-state index in [1.165, 1.54) is 7.11 Å². The molecule has 0 aliphatic rings. The van der Waals surface area contributed by atoms with Gasteiger partial charge in [0.2, 0.25) is 10.0 Å². The molecule has 0 fully saturated rings. The van der Waals surface area contributed by atoms with Crippen LogP contribution in [0.3, 0.4) is 0 Å². The number of rotatable bonds is 9. The van der Waals surface area contributed by atoms with Crippen LogP contribution in [0.1, 0.15) is 42.1 Å². The highest BCUT2D eigenvalue weighted by atomic mass is 35.5. The fourth-order valence-electron chi connectivity index (χ4n) is 2.13. The first-order valence-electron chi connectivity index (χ1n) is 7.29. The number of sulfonamides is 1. The third-order valence-electron chi connectivity index (χ3n) is 3.31. The number of hydrogen-bond acceptors (Lipinski definition) is 5. The molecule has 1 aromatic rings. The largest absolute Gasteiger partial charge is 0.465 e. The Morgan fingerprint density at radius 2 is 2.00 bits per heavy atom. The van der Waals surface area contributed by atoms with Crippen LogP contribution in [0.4, 0.5) is 0 Å². The van der Waals surface area contributed by atoms with Crippen LogP contribution in [-0.4, -0.2) is 34.1 Å². The molecular formula is C15H25ClN2O4S. The summed E-state index contributed by atoms with van der Waals surface area (Å²) >= 11 is 0. The number of nitrogens with two attached hydrogens (primary N) is 1. The topological polar surface area (TPSA) is 98.5 Å². The number of benzene rings is 1. The minimum atomic E-state index is -3.58. The van der Waals surface area contributed by atoms with Gasteiger partial charge in [-0.15, -0.1) is 12.4 Å². The lowest BCUT2D eigenvalue weighted by atomic mass is 10.1. The Kier molecular flexibility index (Phi) is 10.1. The van der Waals surface area contributed by atoms with Crippen LogP contribution in [0.5, 0.6) is 0 Å². The number of unbranched alkanes of at least 4 members (excludes halogenated alkanes) is 1. The zero-order valence-corrected chi connectivity index (χ0v) is 15.1. The number of nitrogens with one attached hydrogen (secondary N) is 1. The van der Waals surface area contributed by atoms with E-state index in [-0.39, 0.29) is 36.3 Å². The SMILES string of the molecule is CCCCC(CN)NS(=O)(=O)Cc1ccccc1C(=O)OC.Cl. The lowest BCUT2D eigenvalue weighted by molar-refractivity contribution is 0.0600. The van der Waals surface area contributed by atoms with E-state index in [0.29, 0.717) is 12.0 Å². The molecule has 23 heavy (non-hydrogen) atoms. The van der Waals surface area contributed by atoms with Crippen molar-refractivity contribution in [3.63, 3.8) is 0 Å². The average molecular weight is 365 g/mol. The van der Waals surface area contributed by atoms with Gasteiger partial charge in [-0.25, -0.2) is 17.9 Å². The third-order valence-corrected chi connectivity index (χ3v) is 4.69. The summed E-state index contributed by atoms with van der Waals surface area (Å²) in [4.78, 5) is 11.7. The number of hydrogen-bond donors (Lipinski definition) is 2. The second kappa shape index (κ2) is 10.6. The standard InChI is InChI=1S/C15H24N2O4S.ClH/c1-3-4-8-13(10-16)17-22(19,20)11-12-7-5-6-9-14(12)15(18)21-2;/h5-7,9,13,17H,3-4,8,10-11,16H2,1-2H3;1H. The minimum absolute atomic E-state index is 0. The van der Waals surface area contributed by atoms with Gasteiger partial charge in [-0.3, -0.25) is 0 Å². The maximum Gasteiger partial charge on any atom is 0.338 e. The van der Waals surface area contributed by atoms with Gasteiger partial charge in [0.15, 0.2) is 0 Å². The van der Waals surface area contributed by atoms with E-state index in [9.17, 15) is 13.2 Å². The maximum absolute atomic E-state index is 12.3. The highest BCUT2D eigenvalue weighted by Gasteiger charge is 2.20. The van der Waals surface area contributed by atoms with Gasteiger partial charge in [0.1, 0.15) is 0 Å². The molecule has 3 N–H and O–H groups in total. The molecule has 132 valence electrons. The van der Waals surface area contributed by atoms with Crippen molar-refractivity contribution in [2.24, 2.45) is 5.73 Å².